The molecule has 2 nitrogen and oxygen atoms in total. The van der Waals surface area contributed by atoms with E-state index in [0.29, 0.717) is 0 Å². The van der Waals surface area contributed by atoms with E-state index in [1.54, 1.807) is 0 Å². The lowest BCUT2D eigenvalue weighted by molar-refractivity contribution is -0.136. The van der Waals surface area contributed by atoms with Crippen LogP contribution in [0.2, 0.25) is 0 Å². The Balaban J connectivity index is 2.95. The zero-order valence-electron chi connectivity index (χ0n) is 8.09. The van der Waals surface area contributed by atoms with Gasteiger partial charge in [-0.25, -0.2) is 0 Å². The molecule has 3 heteroatoms. The summed E-state index contributed by atoms with van der Waals surface area (Å²) >= 11 is 3.41. The summed E-state index contributed by atoms with van der Waals surface area (Å²) in [5.74, 6) is -0.779. The number of aryl methyl sites for hydroxylation is 1. The summed E-state index contributed by atoms with van der Waals surface area (Å²) in [5.41, 5.74) is 3.33. The molecule has 0 saturated carbocycles. The highest BCUT2D eigenvalue weighted by Gasteiger charge is 2.04. The zero-order valence-corrected chi connectivity index (χ0v) is 9.67. The van der Waals surface area contributed by atoms with Gasteiger partial charge in [-0.2, -0.15) is 0 Å². The lowest BCUT2D eigenvalue weighted by atomic mass is 10.0. The van der Waals surface area contributed by atoms with Crippen LogP contribution in [0.15, 0.2) is 18.2 Å². The van der Waals surface area contributed by atoms with E-state index < -0.39 is 5.97 Å². The lowest BCUT2D eigenvalue weighted by Crippen LogP contribution is -2.01. The molecule has 0 aromatic heterocycles. The van der Waals surface area contributed by atoms with Gasteiger partial charge in [0.05, 0.1) is 6.42 Å². The van der Waals surface area contributed by atoms with Crippen LogP contribution < -0.4 is 0 Å². The van der Waals surface area contributed by atoms with Crippen LogP contribution in [0.3, 0.4) is 0 Å². The van der Waals surface area contributed by atoms with Crippen LogP contribution in [0.1, 0.15) is 23.6 Å². The molecule has 76 valence electrons. The summed E-state index contributed by atoms with van der Waals surface area (Å²) in [7, 11) is 0. The number of carboxylic acid groups (broad SMARTS) is 1. The van der Waals surface area contributed by atoms with Crippen molar-refractivity contribution in [1.29, 1.82) is 0 Å². The molecule has 0 fully saturated rings. The third-order valence-electron chi connectivity index (χ3n) is 2.15. The summed E-state index contributed by atoms with van der Waals surface area (Å²) in [6.07, 6.45) is 1.05. The summed E-state index contributed by atoms with van der Waals surface area (Å²) in [4.78, 5) is 10.5. The number of halogens is 1. The molecule has 0 atom stereocenters. The molecule has 0 aliphatic heterocycles. The Morgan fingerprint density at radius 3 is 2.64 bits per heavy atom. The molecule has 0 aliphatic rings. The third kappa shape index (κ3) is 2.84. The van der Waals surface area contributed by atoms with Gasteiger partial charge in [0, 0.05) is 5.33 Å². The van der Waals surface area contributed by atoms with Gasteiger partial charge in [-0.15, -0.1) is 0 Å². The predicted octanol–water partition coefficient (Wildman–Crippen LogP) is 2.77. The van der Waals surface area contributed by atoms with E-state index in [0.717, 1.165) is 17.3 Å². The number of benzene rings is 1. The van der Waals surface area contributed by atoms with Crippen molar-refractivity contribution < 1.29 is 9.90 Å². The average molecular weight is 257 g/mol. The minimum atomic E-state index is -0.779. The molecule has 0 bridgehead atoms. The minimum Gasteiger partial charge on any atom is -0.481 e. The van der Waals surface area contributed by atoms with Gasteiger partial charge in [0.2, 0.25) is 0 Å². The van der Waals surface area contributed by atoms with E-state index in [-0.39, 0.29) is 6.42 Å². The van der Waals surface area contributed by atoms with E-state index in [1.807, 2.05) is 18.2 Å². The summed E-state index contributed by atoms with van der Waals surface area (Å²) in [5, 5.41) is 9.47. The summed E-state index contributed by atoms with van der Waals surface area (Å²) in [6, 6.07) is 5.85. The van der Waals surface area contributed by atoms with Gasteiger partial charge in [0.1, 0.15) is 0 Å². The van der Waals surface area contributed by atoms with Crippen LogP contribution >= 0.6 is 15.9 Å². The number of rotatable bonds is 4. The molecule has 1 aromatic rings. The van der Waals surface area contributed by atoms with E-state index in [4.69, 9.17) is 5.11 Å². The maximum Gasteiger partial charge on any atom is 0.307 e. The van der Waals surface area contributed by atoms with Gasteiger partial charge in [0.25, 0.3) is 0 Å². The normalized spacial score (nSPS) is 10.1. The van der Waals surface area contributed by atoms with Crippen molar-refractivity contribution in [3.63, 3.8) is 0 Å². The number of alkyl halides is 1. The largest absolute Gasteiger partial charge is 0.481 e. The molecule has 1 rings (SSSR count). The summed E-state index contributed by atoms with van der Waals surface area (Å²) in [6.45, 7) is 2.08. The molecule has 0 amide bonds. The maximum absolute atomic E-state index is 10.5. The number of carbonyl (C=O) groups is 1. The lowest BCUT2D eigenvalue weighted by Gasteiger charge is -2.06. The quantitative estimate of drug-likeness (QED) is 0.842. The van der Waals surface area contributed by atoms with E-state index >= 15 is 0 Å². The number of aliphatic carboxylic acids is 1. The Hall–Kier alpha value is -0.830. The molecule has 1 N–H and O–H groups in total. The van der Waals surface area contributed by atoms with Crippen molar-refractivity contribution in [2.45, 2.75) is 25.1 Å². The van der Waals surface area contributed by atoms with Crippen LogP contribution in [0.5, 0.6) is 0 Å². The Kier molecular flexibility index (Phi) is 4.14. The fourth-order valence-corrected chi connectivity index (χ4v) is 1.97. The van der Waals surface area contributed by atoms with Crippen LogP contribution in [-0.4, -0.2) is 11.1 Å². The molecule has 14 heavy (non-hydrogen) atoms. The standard InChI is InChI=1S/C11H13BrO2/c1-2-9-5-8(6-11(13)14)3-4-10(9)7-12/h3-5H,2,6-7H2,1H3,(H,13,14). The van der Waals surface area contributed by atoms with Crippen molar-refractivity contribution in [3.8, 4) is 0 Å². The highest BCUT2D eigenvalue weighted by atomic mass is 79.9. The van der Waals surface area contributed by atoms with Crippen LogP contribution in [-0.2, 0) is 23.0 Å². The van der Waals surface area contributed by atoms with E-state index in [9.17, 15) is 4.79 Å². The molecule has 0 radical (unpaired) electrons. The van der Waals surface area contributed by atoms with E-state index in [1.165, 1.54) is 11.1 Å². The topological polar surface area (TPSA) is 37.3 Å². The predicted molar refractivity (Wildman–Crippen MR) is 59.8 cm³/mol. The first kappa shape index (κ1) is 11.2. The molecule has 0 heterocycles. The second-order valence-electron chi connectivity index (χ2n) is 3.16. The van der Waals surface area contributed by atoms with Crippen molar-refractivity contribution in [1.82, 2.24) is 0 Å². The Morgan fingerprint density at radius 1 is 1.43 bits per heavy atom. The summed E-state index contributed by atoms with van der Waals surface area (Å²) < 4.78 is 0. The van der Waals surface area contributed by atoms with Gasteiger partial charge in [-0.1, -0.05) is 41.1 Å². The molecule has 0 aliphatic carbocycles. The van der Waals surface area contributed by atoms with Crippen LogP contribution in [0, 0.1) is 0 Å². The van der Waals surface area contributed by atoms with Gasteiger partial charge in [0.15, 0.2) is 0 Å². The van der Waals surface area contributed by atoms with Crippen molar-refractivity contribution in [3.05, 3.63) is 34.9 Å². The monoisotopic (exact) mass is 256 g/mol. The van der Waals surface area contributed by atoms with Crippen molar-refractivity contribution >= 4 is 21.9 Å². The molecule has 0 unspecified atom stereocenters. The van der Waals surface area contributed by atoms with Crippen molar-refractivity contribution in [2.24, 2.45) is 0 Å². The van der Waals surface area contributed by atoms with Crippen molar-refractivity contribution in [2.75, 3.05) is 0 Å². The molecular weight excluding hydrogens is 244 g/mol. The number of hydrogen-bond acceptors (Lipinski definition) is 1. The highest BCUT2D eigenvalue weighted by Crippen LogP contribution is 2.16. The molecule has 0 spiro atoms. The first-order valence-electron chi connectivity index (χ1n) is 4.55. The second-order valence-corrected chi connectivity index (χ2v) is 3.72. The number of carboxylic acids is 1. The first-order valence-corrected chi connectivity index (χ1v) is 5.68. The third-order valence-corrected chi connectivity index (χ3v) is 2.76. The van der Waals surface area contributed by atoms with Gasteiger partial charge in [-0.05, 0) is 23.1 Å². The molecular formula is C11H13BrO2. The fourth-order valence-electron chi connectivity index (χ4n) is 1.42. The first-order chi connectivity index (χ1) is 6.67. The van der Waals surface area contributed by atoms with E-state index in [2.05, 4.69) is 22.9 Å². The minimum absolute atomic E-state index is 0.107. The second kappa shape index (κ2) is 5.15. The molecule has 0 saturated heterocycles. The average Bonchev–Trinajstić information content (AvgIpc) is 2.16. The van der Waals surface area contributed by atoms with Gasteiger partial charge in [-0.3, -0.25) is 4.79 Å². The molecule has 1 aromatic carbocycles. The Bertz CT molecular complexity index is 334. The van der Waals surface area contributed by atoms with Crippen LogP contribution in [0.4, 0.5) is 0 Å². The highest BCUT2D eigenvalue weighted by molar-refractivity contribution is 9.08. The smallest absolute Gasteiger partial charge is 0.307 e. The maximum atomic E-state index is 10.5. The fraction of sp³-hybridized carbons (Fsp3) is 0.364. The SMILES string of the molecule is CCc1cc(CC(=O)O)ccc1CBr. The Morgan fingerprint density at radius 2 is 2.14 bits per heavy atom. The van der Waals surface area contributed by atoms with Gasteiger partial charge >= 0.3 is 5.97 Å². The zero-order chi connectivity index (χ0) is 10.6. The number of hydrogen-bond donors (Lipinski definition) is 1. The van der Waals surface area contributed by atoms with Gasteiger partial charge < -0.3 is 5.11 Å². The van der Waals surface area contributed by atoms with Crippen LogP contribution in [0.25, 0.3) is 0 Å². The Labute approximate surface area is 92.1 Å².